The number of carbonyl (C=O) groups excluding carboxylic acids is 1. The van der Waals surface area contributed by atoms with E-state index in [0.717, 1.165) is 22.3 Å². The van der Waals surface area contributed by atoms with Gasteiger partial charge in [-0.15, -0.1) is 0 Å². The molecule has 1 N–H and O–H groups in total. The standard InChI is InChI=1S/C19H18ClNO/c1-4-5-18(14(3)22)19-10-16(12-21-11-13(19)2)15-6-8-17(20)9-7-15/h4-12,21H,1H2,2-3H3/b18-5-. The number of hydrogen-bond acceptors (Lipinski definition) is 2. The van der Waals surface area contributed by atoms with Crippen molar-refractivity contribution in [2.45, 2.75) is 13.8 Å². The lowest BCUT2D eigenvalue weighted by molar-refractivity contribution is -0.113. The van der Waals surface area contributed by atoms with E-state index in [9.17, 15) is 4.79 Å². The van der Waals surface area contributed by atoms with Crippen LogP contribution in [0.1, 0.15) is 19.4 Å². The lowest BCUT2D eigenvalue weighted by Crippen LogP contribution is -2.02. The summed E-state index contributed by atoms with van der Waals surface area (Å²) >= 11 is 5.94. The minimum atomic E-state index is 0.0104. The Morgan fingerprint density at radius 2 is 1.91 bits per heavy atom. The van der Waals surface area contributed by atoms with Gasteiger partial charge in [0.2, 0.25) is 0 Å². The molecule has 1 aliphatic rings. The fraction of sp³-hybridized carbons (Fsp3) is 0.105. The van der Waals surface area contributed by atoms with E-state index < -0.39 is 0 Å². The highest BCUT2D eigenvalue weighted by molar-refractivity contribution is 6.30. The van der Waals surface area contributed by atoms with Crippen molar-refractivity contribution in [2.75, 3.05) is 0 Å². The summed E-state index contributed by atoms with van der Waals surface area (Å²) in [6.07, 6.45) is 9.18. The van der Waals surface area contributed by atoms with Gasteiger partial charge >= 0.3 is 0 Å². The molecule has 0 fully saturated rings. The molecule has 2 nitrogen and oxygen atoms in total. The Kier molecular flexibility index (Phi) is 5.18. The van der Waals surface area contributed by atoms with Gasteiger partial charge in [-0.05, 0) is 54.3 Å². The van der Waals surface area contributed by atoms with Crippen LogP contribution in [0.3, 0.4) is 0 Å². The monoisotopic (exact) mass is 311 g/mol. The molecule has 1 heterocycles. The minimum Gasteiger partial charge on any atom is -0.367 e. The van der Waals surface area contributed by atoms with Crippen LogP contribution < -0.4 is 5.32 Å². The Morgan fingerprint density at radius 1 is 1.23 bits per heavy atom. The normalized spacial score (nSPS) is 15.0. The SMILES string of the molecule is C=C/C=C(/C(C)=O)C1=CC(c2ccc(Cl)cc2)=CNC=C1C. The number of carbonyl (C=O) groups is 1. The van der Waals surface area contributed by atoms with Crippen LogP contribution in [0.5, 0.6) is 0 Å². The summed E-state index contributed by atoms with van der Waals surface area (Å²) in [4.78, 5) is 11.9. The number of benzene rings is 1. The Bertz CT molecular complexity index is 718. The number of allylic oxidation sites excluding steroid dienone is 7. The molecule has 3 heteroatoms. The van der Waals surface area contributed by atoms with Crippen LogP contribution in [0, 0.1) is 0 Å². The molecule has 0 radical (unpaired) electrons. The third-order valence-corrected chi connectivity index (χ3v) is 3.65. The maximum atomic E-state index is 11.9. The number of halogens is 1. The summed E-state index contributed by atoms with van der Waals surface area (Å²) in [6.45, 7) is 7.23. The van der Waals surface area contributed by atoms with Gasteiger partial charge < -0.3 is 5.32 Å². The summed E-state index contributed by atoms with van der Waals surface area (Å²) in [6, 6.07) is 7.61. The van der Waals surface area contributed by atoms with E-state index >= 15 is 0 Å². The second-order valence-electron chi connectivity index (χ2n) is 5.03. The summed E-state index contributed by atoms with van der Waals surface area (Å²) in [5.41, 5.74) is 4.53. The van der Waals surface area contributed by atoms with Crippen LogP contribution in [-0.2, 0) is 4.79 Å². The first-order valence-corrected chi connectivity index (χ1v) is 7.35. The topological polar surface area (TPSA) is 29.1 Å². The first-order valence-electron chi connectivity index (χ1n) is 6.98. The van der Waals surface area contributed by atoms with Crippen molar-refractivity contribution in [1.82, 2.24) is 5.32 Å². The highest BCUT2D eigenvalue weighted by atomic mass is 35.5. The van der Waals surface area contributed by atoms with Crippen molar-refractivity contribution in [2.24, 2.45) is 0 Å². The summed E-state index contributed by atoms with van der Waals surface area (Å²) in [5.74, 6) is 0.0104. The van der Waals surface area contributed by atoms with E-state index in [2.05, 4.69) is 11.9 Å². The average Bonchev–Trinajstić information content (AvgIpc) is 2.67. The molecular formula is C19H18ClNO. The van der Waals surface area contributed by atoms with Crippen molar-refractivity contribution >= 4 is 23.0 Å². The number of rotatable bonds is 4. The molecule has 0 saturated heterocycles. The molecule has 0 bridgehead atoms. The predicted molar refractivity (Wildman–Crippen MR) is 93.4 cm³/mol. The van der Waals surface area contributed by atoms with Crippen LogP contribution in [0.25, 0.3) is 5.57 Å². The molecule has 22 heavy (non-hydrogen) atoms. The fourth-order valence-corrected chi connectivity index (χ4v) is 2.38. The van der Waals surface area contributed by atoms with E-state index in [-0.39, 0.29) is 5.78 Å². The molecule has 0 unspecified atom stereocenters. The van der Waals surface area contributed by atoms with Gasteiger partial charge in [-0.2, -0.15) is 0 Å². The van der Waals surface area contributed by atoms with Crippen molar-refractivity contribution in [1.29, 1.82) is 0 Å². The highest BCUT2D eigenvalue weighted by Crippen LogP contribution is 2.28. The van der Waals surface area contributed by atoms with Gasteiger partial charge in [-0.1, -0.05) is 42.5 Å². The highest BCUT2D eigenvalue weighted by Gasteiger charge is 2.14. The van der Waals surface area contributed by atoms with Gasteiger partial charge in [-0.3, -0.25) is 4.79 Å². The lowest BCUT2D eigenvalue weighted by atomic mass is 9.93. The van der Waals surface area contributed by atoms with E-state index in [1.165, 1.54) is 0 Å². The Morgan fingerprint density at radius 3 is 2.50 bits per heavy atom. The number of ketones is 1. The first kappa shape index (κ1) is 16.1. The number of nitrogens with one attached hydrogen (secondary N) is 1. The number of Topliss-reactive ketones (excluding diaryl/α,β-unsaturated/α-hetero) is 1. The van der Waals surface area contributed by atoms with Crippen LogP contribution in [0.15, 0.2) is 78.2 Å². The predicted octanol–water partition coefficient (Wildman–Crippen LogP) is 4.82. The molecule has 112 valence electrons. The summed E-state index contributed by atoms with van der Waals surface area (Å²) in [5, 5.41) is 3.85. The average molecular weight is 312 g/mol. The Labute approximate surface area is 136 Å². The molecule has 1 aromatic carbocycles. The van der Waals surface area contributed by atoms with Crippen LogP contribution >= 0.6 is 11.6 Å². The Hall–Kier alpha value is -2.32. The van der Waals surface area contributed by atoms with Crippen LogP contribution in [0.4, 0.5) is 0 Å². The van der Waals surface area contributed by atoms with Crippen molar-refractivity contribution in [3.05, 3.63) is 88.8 Å². The van der Waals surface area contributed by atoms with Crippen molar-refractivity contribution in [3.8, 4) is 0 Å². The largest absolute Gasteiger partial charge is 0.367 e. The minimum absolute atomic E-state index is 0.0104. The third kappa shape index (κ3) is 3.66. The molecule has 0 atom stereocenters. The maximum Gasteiger partial charge on any atom is 0.160 e. The van der Waals surface area contributed by atoms with Crippen molar-refractivity contribution in [3.63, 3.8) is 0 Å². The molecule has 1 aliphatic heterocycles. The van der Waals surface area contributed by atoms with Gasteiger partial charge in [-0.25, -0.2) is 0 Å². The molecule has 1 aromatic rings. The quantitative estimate of drug-likeness (QED) is 0.638. The zero-order valence-electron chi connectivity index (χ0n) is 12.7. The molecular weight excluding hydrogens is 294 g/mol. The third-order valence-electron chi connectivity index (χ3n) is 3.39. The van der Waals surface area contributed by atoms with Gasteiger partial charge in [0.25, 0.3) is 0 Å². The van der Waals surface area contributed by atoms with Gasteiger partial charge in [0.05, 0.1) is 0 Å². The zero-order chi connectivity index (χ0) is 16.1. The molecule has 0 spiro atoms. The fourth-order valence-electron chi connectivity index (χ4n) is 2.26. The van der Waals surface area contributed by atoms with E-state index in [1.807, 2.05) is 49.7 Å². The van der Waals surface area contributed by atoms with Gasteiger partial charge in [0.15, 0.2) is 5.78 Å². The first-order chi connectivity index (χ1) is 10.5. The van der Waals surface area contributed by atoms with Gasteiger partial charge in [0, 0.05) is 23.0 Å². The molecule has 0 aromatic heterocycles. The maximum absolute atomic E-state index is 11.9. The van der Waals surface area contributed by atoms with Crippen LogP contribution in [-0.4, -0.2) is 5.78 Å². The zero-order valence-corrected chi connectivity index (χ0v) is 13.4. The van der Waals surface area contributed by atoms with Crippen molar-refractivity contribution < 1.29 is 4.79 Å². The van der Waals surface area contributed by atoms with E-state index in [1.54, 1.807) is 19.1 Å². The lowest BCUT2D eigenvalue weighted by Gasteiger charge is -2.10. The molecule has 0 amide bonds. The number of hydrogen-bond donors (Lipinski definition) is 1. The second-order valence-corrected chi connectivity index (χ2v) is 5.47. The Balaban J connectivity index is 2.52. The smallest absolute Gasteiger partial charge is 0.160 e. The molecule has 2 rings (SSSR count). The van der Waals surface area contributed by atoms with Gasteiger partial charge in [0.1, 0.15) is 0 Å². The van der Waals surface area contributed by atoms with E-state index in [0.29, 0.717) is 10.6 Å². The second kappa shape index (κ2) is 7.10. The summed E-state index contributed by atoms with van der Waals surface area (Å²) in [7, 11) is 0. The van der Waals surface area contributed by atoms with Crippen LogP contribution in [0.2, 0.25) is 5.02 Å². The molecule has 0 saturated carbocycles. The van der Waals surface area contributed by atoms with E-state index in [4.69, 9.17) is 11.6 Å². The summed E-state index contributed by atoms with van der Waals surface area (Å²) < 4.78 is 0. The molecule has 0 aliphatic carbocycles.